The predicted octanol–water partition coefficient (Wildman–Crippen LogP) is 3.09. The monoisotopic (exact) mass is 192 g/mol. The van der Waals surface area contributed by atoms with Gasteiger partial charge in [0.1, 0.15) is 5.75 Å². The molecule has 0 saturated carbocycles. The van der Waals surface area contributed by atoms with E-state index in [0.29, 0.717) is 13.4 Å². The van der Waals surface area contributed by atoms with Crippen LogP contribution in [-0.4, -0.2) is 13.4 Å². The summed E-state index contributed by atoms with van der Waals surface area (Å²) in [6, 6.07) is 7.82. The van der Waals surface area contributed by atoms with E-state index in [1.165, 1.54) is 0 Å². The lowest BCUT2D eigenvalue weighted by molar-refractivity contribution is 0.0222. The molecule has 1 aromatic rings. The summed E-state index contributed by atoms with van der Waals surface area (Å²) in [6.07, 6.45) is 0. The van der Waals surface area contributed by atoms with E-state index >= 15 is 0 Å². The molecule has 0 heterocycles. The summed E-state index contributed by atoms with van der Waals surface area (Å²) in [6.45, 7) is 8.75. The first-order valence-corrected chi connectivity index (χ1v) is 4.71. The van der Waals surface area contributed by atoms with Crippen molar-refractivity contribution in [2.45, 2.75) is 13.8 Å². The van der Waals surface area contributed by atoms with E-state index < -0.39 is 0 Å². The van der Waals surface area contributed by atoms with Gasteiger partial charge in [-0.3, -0.25) is 0 Å². The third-order valence-corrected chi connectivity index (χ3v) is 1.85. The second-order valence-electron chi connectivity index (χ2n) is 3.03. The molecule has 0 amide bonds. The van der Waals surface area contributed by atoms with Crippen LogP contribution in [0.3, 0.4) is 0 Å². The Morgan fingerprint density at radius 2 is 2.07 bits per heavy atom. The number of rotatable bonds is 5. The van der Waals surface area contributed by atoms with E-state index in [1.54, 1.807) is 0 Å². The number of hydrogen-bond donors (Lipinski definition) is 0. The van der Waals surface area contributed by atoms with E-state index in [-0.39, 0.29) is 0 Å². The zero-order chi connectivity index (χ0) is 10.4. The van der Waals surface area contributed by atoms with Gasteiger partial charge in [-0.1, -0.05) is 24.8 Å². The normalized spacial score (nSPS) is 9.86. The molecule has 0 aliphatic heterocycles. The summed E-state index contributed by atoms with van der Waals surface area (Å²) in [4.78, 5) is 0. The minimum absolute atomic E-state index is 0.292. The fourth-order valence-electron chi connectivity index (χ4n) is 1.13. The van der Waals surface area contributed by atoms with E-state index in [2.05, 4.69) is 6.58 Å². The number of para-hydroxylation sites is 1. The molecule has 0 atom stereocenters. The SMILES string of the molecule is C=C(C)c1ccccc1OCOCC. The molecule has 0 saturated heterocycles. The predicted molar refractivity (Wildman–Crippen MR) is 58.3 cm³/mol. The van der Waals surface area contributed by atoms with Crippen LogP contribution in [0.5, 0.6) is 5.75 Å². The van der Waals surface area contributed by atoms with E-state index in [4.69, 9.17) is 9.47 Å². The molecule has 76 valence electrons. The summed E-state index contributed by atoms with van der Waals surface area (Å²) in [7, 11) is 0. The number of ether oxygens (including phenoxy) is 2. The van der Waals surface area contributed by atoms with E-state index in [1.807, 2.05) is 38.1 Å². The minimum Gasteiger partial charge on any atom is -0.467 e. The highest BCUT2D eigenvalue weighted by molar-refractivity contribution is 5.66. The van der Waals surface area contributed by atoms with Crippen LogP contribution < -0.4 is 4.74 Å². The quantitative estimate of drug-likeness (QED) is 0.527. The number of allylic oxidation sites excluding steroid dienone is 1. The van der Waals surface area contributed by atoms with Crippen molar-refractivity contribution < 1.29 is 9.47 Å². The molecule has 0 radical (unpaired) electrons. The Hall–Kier alpha value is -1.28. The smallest absolute Gasteiger partial charge is 0.189 e. The Morgan fingerprint density at radius 1 is 1.36 bits per heavy atom. The molecular formula is C12H16O2. The third-order valence-electron chi connectivity index (χ3n) is 1.85. The maximum atomic E-state index is 5.46. The molecule has 0 fully saturated rings. The van der Waals surface area contributed by atoms with Crippen LogP contribution in [0, 0.1) is 0 Å². The first-order valence-electron chi connectivity index (χ1n) is 4.71. The maximum Gasteiger partial charge on any atom is 0.189 e. The fourth-order valence-corrected chi connectivity index (χ4v) is 1.13. The molecule has 0 aliphatic rings. The van der Waals surface area contributed by atoms with Gasteiger partial charge in [-0.25, -0.2) is 0 Å². The van der Waals surface area contributed by atoms with Crippen LogP contribution in [0.1, 0.15) is 19.4 Å². The zero-order valence-electron chi connectivity index (χ0n) is 8.75. The van der Waals surface area contributed by atoms with Gasteiger partial charge in [0.15, 0.2) is 6.79 Å². The summed E-state index contributed by atoms with van der Waals surface area (Å²) in [5, 5.41) is 0. The van der Waals surface area contributed by atoms with Crippen molar-refractivity contribution in [3.8, 4) is 5.75 Å². The molecule has 1 rings (SSSR count). The van der Waals surface area contributed by atoms with Crippen molar-refractivity contribution in [1.29, 1.82) is 0 Å². The van der Waals surface area contributed by atoms with Crippen LogP contribution in [0.4, 0.5) is 0 Å². The first-order chi connectivity index (χ1) is 6.75. The van der Waals surface area contributed by atoms with Crippen molar-refractivity contribution in [3.63, 3.8) is 0 Å². The van der Waals surface area contributed by atoms with E-state index in [9.17, 15) is 0 Å². The van der Waals surface area contributed by atoms with Crippen LogP contribution in [-0.2, 0) is 4.74 Å². The van der Waals surface area contributed by atoms with Crippen molar-refractivity contribution in [3.05, 3.63) is 36.4 Å². The molecule has 0 bridgehead atoms. The summed E-state index contributed by atoms with van der Waals surface area (Å²) >= 11 is 0. The van der Waals surface area contributed by atoms with Gasteiger partial charge in [0, 0.05) is 12.2 Å². The largest absolute Gasteiger partial charge is 0.467 e. The zero-order valence-corrected chi connectivity index (χ0v) is 8.75. The molecular weight excluding hydrogens is 176 g/mol. The van der Waals surface area contributed by atoms with Gasteiger partial charge in [0.2, 0.25) is 0 Å². The standard InChI is InChI=1S/C12H16O2/c1-4-13-9-14-12-8-6-5-7-11(12)10(2)3/h5-8H,2,4,9H2,1,3H3. The third kappa shape index (κ3) is 2.89. The van der Waals surface area contributed by atoms with Gasteiger partial charge in [0.05, 0.1) is 0 Å². The van der Waals surface area contributed by atoms with Crippen LogP contribution >= 0.6 is 0 Å². The number of hydrogen-bond acceptors (Lipinski definition) is 2. The molecule has 0 spiro atoms. The van der Waals surface area contributed by atoms with Gasteiger partial charge in [0.25, 0.3) is 0 Å². The summed E-state index contributed by atoms with van der Waals surface area (Å²) in [5.74, 6) is 0.827. The molecule has 0 aliphatic carbocycles. The summed E-state index contributed by atoms with van der Waals surface area (Å²) in [5.41, 5.74) is 2.03. The van der Waals surface area contributed by atoms with Crippen molar-refractivity contribution in [1.82, 2.24) is 0 Å². The lowest BCUT2D eigenvalue weighted by atomic mass is 10.1. The Labute approximate surface area is 85.2 Å². The Morgan fingerprint density at radius 3 is 2.71 bits per heavy atom. The molecule has 0 aromatic heterocycles. The lowest BCUT2D eigenvalue weighted by Crippen LogP contribution is -2.03. The highest BCUT2D eigenvalue weighted by Crippen LogP contribution is 2.24. The number of benzene rings is 1. The van der Waals surface area contributed by atoms with Crippen molar-refractivity contribution >= 4 is 5.57 Å². The maximum absolute atomic E-state index is 5.46. The van der Waals surface area contributed by atoms with Gasteiger partial charge < -0.3 is 9.47 Å². The van der Waals surface area contributed by atoms with Crippen molar-refractivity contribution in [2.75, 3.05) is 13.4 Å². The molecule has 2 nitrogen and oxygen atoms in total. The van der Waals surface area contributed by atoms with Gasteiger partial charge in [-0.2, -0.15) is 0 Å². The van der Waals surface area contributed by atoms with Gasteiger partial charge in [-0.05, 0) is 25.5 Å². The first kappa shape index (κ1) is 10.8. The average Bonchev–Trinajstić information content (AvgIpc) is 2.19. The Balaban J connectivity index is 2.69. The molecule has 1 aromatic carbocycles. The minimum atomic E-state index is 0.292. The van der Waals surface area contributed by atoms with Crippen LogP contribution in [0.25, 0.3) is 5.57 Å². The summed E-state index contributed by atoms with van der Waals surface area (Å²) < 4.78 is 10.6. The topological polar surface area (TPSA) is 18.5 Å². The fraction of sp³-hybridized carbons (Fsp3) is 0.333. The van der Waals surface area contributed by atoms with Gasteiger partial charge >= 0.3 is 0 Å². The second kappa shape index (κ2) is 5.45. The molecule has 14 heavy (non-hydrogen) atoms. The highest BCUT2D eigenvalue weighted by Gasteiger charge is 2.02. The molecule has 2 heteroatoms. The molecule has 0 N–H and O–H groups in total. The molecule has 0 unspecified atom stereocenters. The second-order valence-corrected chi connectivity index (χ2v) is 3.03. The highest BCUT2D eigenvalue weighted by atomic mass is 16.7. The lowest BCUT2D eigenvalue weighted by Gasteiger charge is -2.10. The van der Waals surface area contributed by atoms with Crippen LogP contribution in [0.2, 0.25) is 0 Å². The van der Waals surface area contributed by atoms with E-state index in [0.717, 1.165) is 16.9 Å². The average molecular weight is 192 g/mol. The van der Waals surface area contributed by atoms with Crippen LogP contribution in [0.15, 0.2) is 30.8 Å². The Bertz CT molecular complexity index is 305. The van der Waals surface area contributed by atoms with Crippen molar-refractivity contribution in [2.24, 2.45) is 0 Å². The Kier molecular flexibility index (Phi) is 4.20. The van der Waals surface area contributed by atoms with Gasteiger partial charge in [-0.15, -0.1) is 0 Å².